The summed E-state index contributed by atoms with van der Waals surface area (Å²) in [6.45, 7) is 1.91. The number of alkyl halides is 3. The molecule has 0 spiro atoms. The molecular weight excluding hydrogens is 546 g/mol. The zero-order valence-corrected chi connectivity index (χ0v) is 22.2. The van der Waals surface area contributed by atoms with Crippen molar-refractivity contribution in [3.8, 4) is 17.1 Å². The van der Waals surface area contributed by atoms with E-state index >= 15 is 4.39 Å². The maximum absolute atomic E-state index is 15.2. The number of aromatic nitrogens is 5. The highest BCUT2D eigenvalue weighted by Crippen LogP contribution is 2.33. The molecule has 0 saturated heterocycles. The van der Waals surface area contributed by atoms with Gasteiger partial charge in [-0.05, 0) is 56.2 Å². The number of nitrogens with zero attached hydrogens (tertiary/aromatic N) is 4. The van der Waals surface area contributed by atoms with E-state index in [-0.39, 0.29) is 23.3 Å². The van der Waals surface area contributed by atoms with Gasteiger partial charge in [0.2, 0.25) is 0 Å². The molecule has 14 heteroatoms. The van der Waals surface area contributed by atoms with Crippen LogP contribution in [-0.2, 0) is 12.7 Å². The van der Waals surface area contributed by atoms with Crippen molar-refractivity contribution < 1.29 is 22.3 Å². The van der Waals surface area contributed by atoms with Crippen LogP contribution in [0.4, 0.5) is 29.1 Å². The van der Waals surface area contributed by atoms with Crippen LogP contribution in [0.2, 0.25) is 0 Å². The minimum atomic E-state index is -4.85. The molecule has 5 rings (SSSR count). The van der Waals surface area contributed by atoms with Gasteiger partial charge in [0.05, 0.1) is 36.1 Å². The molecule has 0 amide bonds. The summed E-state index contributed by atoms with van der Waals surface area (Å²) in [5.41, 5.74) is -3.36. The molecule has 4 aromatic rings. The van der Waals surface area contributed by atoms with E-state index in [1.54, 1.807) is 24.3 Å². The number of fused-ring (bicyclic) bond motifs is 1. The lowest BCUT2D eigenvalue weighted by atomic mass is 10.1. The lowest BCUT2D eigenvalue weighted by molar-refractivity contribution is -0.138. The molecule has 1 atom stereocenters. The topological polar surface area (TPSA) is 127 Å². The second-order valence-electron chi connectivity index (χ2n) is 9.94. The fourth-order valence-corrected chi connectivity index (χ4v) is 4.52. The molecule has 1 aromatic carbocycles. The largest absolute Gasteiger partial charge is 0.491 e. The van der Waals surface area contributed by atoms with Gasteiger partial charge in [-0.25, -0.2) is 19.5 Å². The van der Waals surface area contributed by atoms with Gasteiger partial charge in [0.25, 0.3) is 11.1 Å². The number of halogens is 4. The zero-order valence-electron chi connectivity index (χ0n) is 22.2. The predicted molar refractivity (Wildman–Crippen MR) is 145 cm³/mol. The molecule has 3 aromatic heterocycles. The van der Waals surface area contributed by atoms with E-state index in [4.69, 9.17) is 4.74 Å². The van der Waals surface area contributed by atoms with Crippen molar-refractivity contribution in [1.29, 1.82) is 0 Å². The van der Waals surface area contributed by atoms with E-state index in [1.165, 1.54) is 23.9 Å². The molecule has 0 aliphatic heterocycles. The SMILES string of the molecule is COc1cnc(-c2cc3ccn(CCC[C@H](C)Nc4cn[nH]c(=O)c4C(F)(F)F)c(=O)c3cc2F)nc1NC1CC1. The first-order valence-corrected chi connectivity index (χ1v) is 13.0. The summed E-state index contributed by atoms with van der Waals surface area (Å²) in [6.07, 6.45) is 1.96. The number of benzene rings is 1. The van der Waals surface area contributed by atoms with Crippen molar-refractivity contribution in [2.24, 2.45) is 0 Å². The van der Waals surface area contributed by atoms with Crippen molar-refractivity contribution in [3.05, 3.63) is 68.9 Å². The molecule has 0 bridgehead atoms. The molecule has 216 valence electrons. The number of H-pyrrole nitrogens is 1. The van der Waals surface area contributed by atoms with Crippen LogP contribution in [-0.4, -0.2) is 43.9 Å². The summed E-state index contributed by atoms with van der Waals surface area (Å²) in [6, 6.07) is 4.21. The Hall–Kier alpha value is -4.49. The Kier molecular flexibility index (Phi) is 7.65. The molecular formula is C27H27F4N7O3. The number of rotatable bonds is 10. The summed E-state index contributed by atoms with van der Waals surface area (Å²) < 4.78 is 61.8. The van der Waals surface area contributed by atoms with Crippen LogP contribution >= 0.6 is 0 Å². The first-order valence-electron chi connectivity index (χ1n) is 13.0. The number of anilines is 2. The van der Waals surface area contributed by atoms with Crippen molar-refractivity contribution >= 4 is 22.3 Å². The highest BCUT2D eigenvalue weighted by Gasteiger charge is 2.37. The Labute approximate surface area is 230 Å². The summed E-state index contributed by atoms with van der Waals surface area (Å²) in [5.74, 6) is 0.427. The number of aromatic amines is 1. The molecule has 10 nitrogen and oxygen atoms in total. The van der Waals surface area contributed by atoms with E-state index < -0.39 is 40.4 Å². The van der Waals surface area contributed by atoms with Crippen LogP contribution in [0.5, 0.6) is 5.75 Å². The van der Waals surface area contributed by atoms with Crippen LogP contribution in [0.15, 0.2) is 46.4 Å². The minimum absolute atomic E-state index is 0.142. The molecule has 0 unspecified atom stereocenters. The molecule has 0 radical (unpaired) electrons. The third-order valence-corrected chi connectivity index (χ3v) is 6.78. The molecule has 3 N–H and O–H groups in total. The highest BCUT2D eigenvalue weighted by molar-refractivity contribution is 5.86. The number of hydrogen-bond donors (Lipinski definition) is 3. The van der Waals surface area contributed by atoms with E-state index in [0.29, 0.717) is 35.8 Å². The van der Waals surface area contributed by atoms with Gasteiger partial charge in [-0.2, -0.15) is 18.3 Å². The molecule has 1 fully saturated rings. The smallest absolute Gasteiger partial charge is 0.423 e. The summed E-state index contributed by atoms with van der Waals surface area (Å²) in [4.78, 5) is 33.5. The number of hydrogen-bond acceptors (Lipinski definition) is 8. The van der Waals surface area contributed by atoms with E-state index in [0.717, 1.165) is 25.1 Å². The average molecular weight is 574 g/mol. The standard InChI is InChI=1S/C27H27F4N7O3/c1-14(34-20-12-33-37-25(39)22(20)27(29,30)31)4-3-8-38-9-7-15-10-18(19(28)11-17(15)26(38)40)23-32-13-21(41-2)24(36-23)35-16-5-6-16/h7,9-14,16H,3-6,8H2,1-2H3,(H,32,35,36)(H2,34,37,39)/t14-/m0/s1. The third-order valence-electron chi connectivity index (χ3n) is 6.78. The summed E-state index contributed by atoms with van der Waals surface area (Å²) in [5, 5.41) is 11.8. The predicted octanol–water partition coefficient (Wildman–Crippen LogP) is 4.56. The zero-order chi connectivity index (χ0) is 29.3. The second kappa shape index (κ2) is 11.2. The Bertz CT molecular complexity index is 1700. The first-order chi connectivity index (χ1) is 19.5. The number of ether oxygens (including phenoxy) is 1. The normalized spacial score (nSPS) is 14.2. The fraction of sp³-hybridized carbons (Fsp3) is 0.370. The fourth-order valence-electron chi connectivity index (χ4n) is 4.52. The van der Waals surface area contributed by atoms with Gasteiger partial charge in [-0.3, -0.25) is 9.59 Å². The maximum Gasteiger partial charge on any atom is 0.423 e. The van der Waals surface area contributed by atoms with Crippen LogP contribution in [0.3, 0.4) is 0 Å². The summed E-state index contributed by atoms with van der Waals surface area (Å²) in [7, 11) is 1.50. The second-order valence-corrected chi connectivity index (χ2v) is 9.94. The van der Waals surface area contributed by atoms with E-state index in [2.05, 4.69) is 25.7 Å². The van der Waals surface area contributed by atoms with Crippen molar-refractivity contribution in [2.75, 3.05) is 17.7 Å². The van der Waals surface area contributed by atoms with Gasteiger partial charge in [0, 0.05) is 24.8 Å². The lowest BCUT2D eigenvalue weighted by Crippen LogP contribution is -2.27. The summed E-state index contributed by atoms with van der Waals surface area (Å²) >= 11 is 0. The van der Waals surface area contributed by atoms with Crippen molar-refractivity contribution in [3.63, 3.8) is 0 Å². The molecule has 1 aliphatic rings. The van der Waals surface area contributed by atoms with Gasteiger partial charge in [0.15, 0.2) is 17.4 Å². The van der Waals surface area contributed by atoms with Crippen molar-refractivity contribution in [2.45, 2.75) is 57.4 Å². The van der Waals surface area contributed by atoms with E-state index in [1.807, 2.05) is 0 Å². The molecule has 41 heavy (non-hydrogen) atoms. The minimum Gasteiger partial charge on any atom is -0.491 e. The van der Waals surface area contributed by atoms with Gasteiger partial charge in [-0.15, -0.1) is 0 Å². The van der Waals surface area contributed by atoms with Gasteiger partial charge in [0.1, 0.15) is 11.4 Å². The van der Waals surface area contributed by atoms with Crippen LogP contribution in [0, 0.1) is 5.82 Å². The van der Waals surface area contributed by atoms with Gasteiger partial charge in [-0.1, -0.05) is 0 Å². The number of pyridine rings is 1. The number of nitrogens with one attached hydrogen (secondary N) is 3. The van der Waals surface area contributed by atoms with Gasteiger partial charge >= 0.3 is 6.18 Å². The first kappa shape index (κ1) is 28.1. The van der Waals surface area contributed by atoms with E-state index in [9.17, 15) is 22.8 Å². The van der Waals surface area contributed by atoms with Crippen LogP contribution in [0.25, 0.3) is 22.2 Å². The van der Waals surface area contributed by atoms with Crippen molar-refractivity contribution in [1.82, 2.24) is 24.7 Å². The highest BCUT2D eigenvalue weighted by atomic mass is 19.4. The maximum atomic E-state index is 15.2. The van der Waals surface area contributed by atoms with Gasteiger partial charge < -0.3 is 19.9 Å². The monoisotopic (exact) mass is 573 g/mol. The number of aryl methyl sites for hydroxylation is 1. The Morgan fingerprint density at radius 3 is 2.71 bits per heavy atom. The molecule has 1 saturated carbocycles. The number of methoxy groups -OCH3 is 1. The Morgan fingerprint density at radius 1 is 1.22 bits per heavy atom. The molecule has 3 heterocycles. The molecule has 1 aliphatic carbocycles. The lowest BCUT2D eigenvalue weighted by Gasteiger charge is -2.18. The third kappa shape index (κ3) is 6.15. The average Bonchev–Trinajstić information content (AvgIpc) is 3.73. The Morgan fingerprint density at radius 2 is 2.00 bits per heavy atom. The van der Waals surface area contributed by atoms with Crippen LogP contribution < -0.4 is 26.5 Å². The Balaban J connectivity index is 1.30. The van der Waals surface area contributed by atoms with Crippen LogP contribution in [0.1, 0.15) is 38.2 Å². The quantitative estimate of drug-likeness (QED) is 0.236.